The average Bonchev–Trinajstić information content (AvgIpc) is 2.83. The topological polar surface area (TPSA) is 53.1 Å². The van der Waals surface area contributed by atoms with Gasteiger partial charge in [-0.2, -0.15) is 5.10 Å². The lowest BCUT2D eigenvalue weighted by atomic mass is 10.2. The van der Waals surface area contributed by atoms with Gasteiger partial charge in [-0.05, 0) is 18.2 Å². The second-order valence-electron chi connectivity index (χ2n) is 3.99. The molecule has 0 fully saturated rings. The molecule has 0 atom stereocenters. The normalized spacial score (nSPS) is 11.2. The van der Waals surface area contributed by atoms with Gasteiger partial charge >= 0.3 is 0 Å². The van der Waals surface area contributed by atoms with Crippen LogP contribution in [-0.4, -0.2) is 16.2 Å². The second kappa shape index (κ2) is 4.89. The van der Waals surface area contributed by atoms with Crippen molar-refractivity contribution in [3.63, 3.8) is 0 Å². The number of H-pyrrole nitrogens is 1. The molecule has 3 aromatic rings. The molecular weight excluding hydrogens is 243 g/mol. The number of hydrogen-bond acceptors (Lipinski definition) is 3. The van der Waals surface area contributed by atoms with E-state index in [0.29, 0.717) is 11.5 Å². The van der Waals surface area contributed by atoms with Gasteiger partial charge in [0.15, 0.2) is 0 Å². The van der Waals surface area contributed by atoms with Crippen molar-refractivity contribution in [1.82, 2.24) is 9.97 Å². The van der Waals surface area contributed by atoms with Gasteiger partial charge in [0.05, 0.1) is 17.2 Å². The van der Waals surface area contributed by atoms with Gasteiger partial charge in [-0.1, -0.05) is 30.3 Å². The molecule has 0 amide bonds. The van der Waals surface area contributed by atoms with Crippen LogP contribution in [0.3, 0.4) is 0 Å². The molecule has 0 unspecified atom stereocenters. The van der Waals surface area contributed by atoms with E-state index in [9.17, 15) is 4.39 Å². The number of hydrazone groups is 1. The molecule has 2 N–H and O–H groups in total. The molecule has 0 radical (unpaired) electrons. The van der Waals surface area contributed by atoms with Crippen LogP contribution in [0.1, 0.15) is 5.56 Å². The number of para-hydroxylation sites is 2. The fraction of sp³-hybridized carbons (Fsp3) is 0. The minimum absolute atomic E-state index is 0.308. The van der Waals surface area contributed by atoms with Gasteiger partial charge in [0.25, 0.3) is 0 Å². The average molecular weight is 254 g/mol. The Balaban J connectivity index is 1.77. The van der Waals surface area contributed by atoms with E-state index in [4.69, 9.17) is 0 Å². The van der Waals surface area contributed by atoms with Crippen molar-refractivity contribution in [3.05, 3.63) is 59.9 Å². The number of imidazole rings is 1. The molecule has 19 heavy (non-hydrogen) atoms. The van der Waals surface area contributed by atoms with E-state index in [1.807, 2.05) is 24.3 Å². The lowest BCUT2D eigenvalue weighted by Gasteiger charge is -1.95. The predicted octanol–water partition coefficient (Wildman–Crippen LogP) is 3.15. The number of rotatable bonds is 3. The molecule has 2 aromatic carbocycles. The van der Waals surface area contributed by atoms with Crippen LogP contribution < -0.4 is 5.43 Å². The molecule has 1 aromatic heterocycles. The van der Waals surface area contributed by atoms with E-state index < -0.39 is 0 Å². The van der Waals surface area contributed by atoms with Crippen molar-refractivity contribution in [2.24, 2.45) is 5.10 Å². The highest BCUT2D eigenvalue weighted by Crippen LogP contribution is 2.13. The Morgan fingerprint density at radius 1 is 1.11 bits per heavy atom. The molecule has 0 aliphatic rings. The molecule has 1 heterocycles. The number of anilines is 1. The van der Waals surface area contributed by atoms with Gasteiger partial charge in [-0.3, -0.25) is 0 Å². The van der Waals surface area contributed by atoms with E-state index >= 15 is 0 Å². The first-order valence-electron chi connectivity index (χ1n) is 5.81. The highest BCUT2D eigenvalue weighted by atomic mass is 19.1. The number of nitrogens with zero attached hydrogens (tertiary/aromatic N) is 2. The van der Waals surface area contributed by atoms with Crippen LogP contribution in [0.25, 0.3) is 11.0 Å². The fourth-order valence-electron chi connectivity index (χ4n) is 1.75. The van der Waals surface area contributed by atoms with Gasteiger partial charge in [0.1, 0.15) is 5.82 Å². The molecule has 0 bridgehead atoms. The standard InChI is InChI=1S/C14H11FN4/c15-11-6-2-1-5-10(11)9-16-19-14-17-12-7-3-4-8-13(12)18-14/h1-9H,(H2,17,18,19). The number of benzene rings is 2. The van der Waals surface area contributed by atoms with Crippen molar-refractivity contribution < 1.29 is 4.39 Å². The second-order valence-corrected chi connectivity index (χ2v) is 3.99. The smallest absolute Gasteiger partial charge is 0.222 e. The summed E-state index contributed by atoms with van der Waals surface area (Å²) in [7, 11) is 0. The van der Waals surface area contributed by atoms with Gasteiger partial charge in [0.2, 0.25) is 5.95 Å². The maximum absolute atomic E-state index is 13.3. The van der Waals surface area contributed by atoms with E-state index in [1.54, 1.807) is 18.2 Å². The van der Waals surface area contributed by atoms with Gasteiger partial charge < -0.3 is 4.98 Å². The van der Waals surface area contributed by atoms with E-state index in [0.717, 1.165) is 11.0 Å². The van der Waals surface area contributed by atoms with Crippen molar-refractivity contribution in [3.8, 4) is 0 Å². The van der Waals surface area contributed by atoms with Gasteiger partial charge in [-0.25, -0.2) is 14.8 Å². The Labute approximate surface area is 109 Å². The summed E-state index contributed by atoms with van der Waals surface area (Å²) in [5.41, 5.74) is 4.94. The van der Waals surface area contributed by atoms with Gasteiger partial charge in [-0.15, -0.1) is 0 Å². The first kappa shape index (κ1) is 11.4. The van der Waals surface area contributed by atoms with Crippen molar-refractivity contribution in [2.75, 3.05) is 5.43 Å². The molecule has 3 rings (SSSR count). The lowest BCUT2D eigenvalue weighted by Crippen LogP contribution is -1.94. The number of halogens is 1. The number of fused-ring (bicyclic) bond motifs is 1. The maximum atomic E-state index is 13.3. The number of aromatic nitrogens is 2. The summed E-state index contributed by atoms with van der Waals surface area (Å²) in [5.74, 6) is 0.214. The summed E-state index contributed by atoms with van der Waals surface area (Å²) >= 11 is 0. The maximum Gasteiger partial charge on any atom is 0.222 e. The van der Waals surface area contributed by atoms with Gasteiger partial charge in [0, 0.05) is 5.56 Å². The van der Waals surface area contributed by atoms with Crippen LogP contribution in [0.2, 0.25) is 0 Å². The largest absolute Gasteiger partial charge is 0.323 e. The first-order valence-corrected chi connectivity index (χ1v) is 5.81. The molecular formula is C14H11FN4. The molecule has 0 saturated heterocycles. The van der Waals surface area contributed by atoms with E-state index in [1.165, 1.54) is 12.3 Å². The third-order valence-electron chi connectivity index (χ3n) is 2.67. The summed E-state index contributed by atoms with van der Waals surface area (Å²) in [6.45, 7) is 0. The van der Waals surface area contributed by atoms with Crippen LogP contribution >= 0.6 is 0 Å². The SMILES string of the molecule is Fc1ccccc1C=NNc1nc2ccccc2[nH]1. The Bertz CT molecular complexity index is 700. The highest BCUT2D eigenvalue weighted by Gasteiger charge is 2.00. The van der Waals surface area contributed by atoms with E-state index in [-0.39, 0.29) is 5.82 Å². The summed E-state index contributed by atoms with van der Waals surface area (Å²) < 4.78 is 13.3. The Morgan fingerprint density at radius 3 is 2.74 bits per heavy atom. The minimum atomic E-state index is -0.308. The quantitative estimate of drug-likeness (QED) is 0.557. The Morgan fingerprint density at radius 2 is 1.89 bits per heavy atom. The fourth-order valence-corrected chi connectivity index (χ4v) is 1.75. The Hall–Kier alpha value is -2.69. The van der Waals surface area contributed by atoms with Crippen LogP contribution in [0.4, 0.5) is 10.3 Å². The summed E-state index contributed by atoms with van der Waals surface area (Å²) in [5, 5.41) is 3.96. The third-order valence-corrected chi connectivity index (χ3v) is 2.67. The number of aromatic amines is 1. The van der Waals surface area contributed by atoms with Crippen LogP contribution in [0, 0.1) is 5.82 Å². The van der Waals surface area contributed by atoms with E-state index in [2.05, 4.69) is 20.5 Å². The van der Waals surface area contributed by atoms with Crippen LogP contribution in [-0.2, 0) is 0 Å². The zero-order valence-corrected chi connectivity index (χ0v) is 9.97. The van der Waals surface area contributed by atoms with Crippen molar-refractivity contribution >= 4 is 23.2 Å². The molecule has 0 aliphatic carbocycles. The summed E-state index contributed by atoms with van der Waals surface area (Å²) in [4.78, 5) is 7.36. The van der Waals surface area contributed by atoms with Crippen molar-refractivity contribution in [1.29, 1.82) is 0 Å². The molecule has 0 saturated carbocycles. The molecule has 94 valence electrons. The molecule has 4 nitrogen and oxygen atoms in total. The summed E-state index contributed by atoms with van der Waals surface area (Å²) in [6.07, 6.45) is 1.42. The zero-order chi connectivity index (χ0) is 13.1. The van der Waals surface area contributed by atoms with Crippen molar-refractivity contribution in [2.45, 2.75) is 0 Å². The first-order chi connectivity index (χ1) is 9.33. The number of hydrogen-bond donors (Lipinski definition) is 2. The minimum Gasteiger partial charge on any atom is -0.323 e. The number of nitrogens with one attached hydrogen (secondary N) is 2. The predicted molar refractivity (Wildman–Crippen MR) is 73.7 cm³/mol. The Kier molecular flexibility index (Phi) is 2.94. The van der Waals surface area contributed by atoms with Crippen LogP contribution in [0.5, 0.6) is 0 Å². The van der Waals surface area contributed by atoms with Crippen LogP contribution in [0.15, 0.2) is 53.6 Å². The lowest BCUT2D eigenvalue weighted by molar-refractivity contribution is 0.626. The summed E-state index contributed by atoms with van der Waals surface area (Å²) in [6, 6.07) is 14.1. The third kappa shape index (κ3) is 2.44. The molecule has 5 heteroatoms. The molecule has 0 aliphatic heterocycles. The molecule has 0 spiro atoms. The monoisotopic (exact) mass is 254 g/mol. The zero-order valence-electron chi connectivity index (χ0n) is 9.97. The highest BCUT2D eigenvalue weighted by molar-refractivity contribution is 5.81.